The van der Waals surface area contributed by atoms with Gasteiger partial charge in [0.2, 0.25) is 0 Å². The summed E-state index contributed by atoms with van der Waals surface area (Å²) < 4.78 is 7.32. The third-order valence-electron chi connectivity index (χ3n) is 3.65. The summed E-state index contributed by atoms with van der Waals surface area (Å²) in [6.45, 7) is 6.41. The Morgan fingerprint density at radius 1 is 1.40 bits per heavy atom. The van der Waals surface area contributed by atoms with Gasteiger partial charge in [0, 0.05) is 35.2 Å². The van der Waals surface area contributed by atoms with Gasteiger partial charge in [0.25, 0.3) is 0 Å². The lowest BCUT2D eigenvalue weighted by Crippen LogP contribution is -2.29. The predicted octanol–water partition coefficient (Wildman–Crippen LogP) is 2.68. The minimum absolute atomic E-state index is 0.120. The van der Waals surface area contributed by atoms with Crippen LogP contribution < -0.4 is 10.1 Å². The topological polar surface area (TPSA) is 43.3 Å². The second-order valence-electron chi connectivity index (χ2n) is 5.36. The van der Waals surface area contributed by atoms with Crippen LogP contribution in [0.4, 0.5) is 0 Å². The number of nitrogens with one attached hydrogen (secondary N) is 1. The van der Waals surface area contributed by atoms with E-state index in [0.717, 1.165) is 27.9 Å². The van der Waals surface area contributed by atoms with Crippen LogP contribution in [0.3, 0.4) is 0 Å². The van der Waals surface area contributed by atoms with Crippen LogP contribution in [0.5, 0.6) is 5.75 Å². The van der Waals surface area contributed by atoms with Gasteiger partial charge in [-0.2, -0.15) is 0 Å². The molecule has 2 aromatic rings. The molecule has 0 atom stereocenters. The number of methoxy groups -OCH3 is 1. The summed E-state index contributed by atoms with van der Waals surface area (Å²) in [5, 5.41) is 4.14. The highest BCUT2D eigenvalue weighted by Crippen LogP contribution is 2.28. The molecule has 0 radical (unpaired) electrons. The molecule has 108 valence electrons. The molecular weight excluding hydrogens is 252 g/mol. The van der Waals surface area contributed by atoms with Gasteiger partial charge in [-0.15, -0.1) is 0 Å². The lowest BCUT2D eigenvalue weighted by Gasteiger charge is -2.07. The maximum atomic E-state index is 12.5. The Morgan fingerprint density at radius 2 is 2.10 bits per heavy atom. The van der Waals surface area contributed by atoms with Crippen molar-refractivity contribution in [2.24, 2.45) is 7.05 Å². The van der Waals surface area contributed by atoms with Crippen molar-refractivity contribution in [1.82, 2.24) is 9.88 Å². The van der Waals surface area contributed by atoms with Crippen molar-refractivity contribution in [3.63, 3.8) is 0 Å². The lowest BCUT2D eigenvalue weighted by molar-refractivity contribution is 0.0989. The molecule has 0 unspecified atom stereocenters. The number of Topliss-reactive ketones (excluding diaryl/α,β-unsaturated/α-hetero) is 1. The quantitative estimate of drug-likeness (QED) is 0.852. The highest BCUT2D eigenvalue weighted by atomic mass is 16.5. The fourth-order valence-electron chi connectivity index (χ4n) is 2.42. The normalized spacial score (nSPS) is 11.3. The smallest absolute Gasteiger partial charge is 0.179 e. The molecule has 0 saturated heterocycles. The number of rotatable bonds is 5. The van der Waals surface area contributed by atoms with Gasteiger partial charge in [0.1, 0.15) is 5.75 Å². The molecule has 0 fully saturated rings. The van der Waals surface area contributed by atoms with Gasteiger partial charge in [-0.25, -0.2) is 0 Å². The van der Waals surface area contributed by atoms with Crippen LogP contribution in [0.2, 0.25) is 0 Å². The van der Waals surface area contributed by atoms with E-state index < -0.39 is 0 Å². The number of benzene rings is 1. The number of carbonyl (C=O) groups is 1. The zero-order chi connectivity index (χ0) is 14.9. The molecule has 4 heteroatoms. The van der Waals surface area contributed by atoms with Crippen molar-refractivity contribution >= 4 is 16.7 Å². The van der Waals surface area contributed by atoms with Crippen molar-refractivity contribution in [3.05, 3.63) is 29.5 Å². The number of hydrogen-bond acceptors (Lipinski definition) is 3. The first-order valence-electron chi connectivity index (χ1n) is 6.85. The average Bonchev–Trinajstić information content (AvgIpc) is 2.68. The van der Waals surface area contributed by atoms with E-state index in [1.165, 1.54) is 0 Å². The molecule has 0 spiro atoms. The van der Waals surface area contributed by atoms with E-state index in [9.17, 15) is 4.79 Å². The van der Waals surface area contributed by atoms with Crippen molar-refractivity contribution in [3.8, 4) is 5.75 Å². The summed E-state index contributed by atoms with van der Waals surface area (Å²) in [5.41, 5.74) is 2.83. The van der Waals surface area contributed by atoms with Gasteiger partial charge in [-0.3, -0.25) is 4.79 Å². The highest BCUT2D eigenvalue weighted by Gasteiger charge is 2.18. The van der Waals surface area contributed by atoms with Gasteiger partial charge in [0.15, 0.2) is 5.78 Å². The van der Waals surface area contributed by atoms with Crippen LogP contribution in [0.15, 0.2) is 18.2 Å². The number of aromatic nitrogens is 1. The van der Waals surface area contributed by atoms with Gasteiger partial charge in [0.05, 0.1) is 13.7 Å². The molecule has 1 N–H and O–H groups in total. The third-order valence-corrected chi connectivity index (χ3v) is 3.65. The SMILES string of the molecule is COc1ccc2c(c1)c(C(=O)CNC(C)C)c(C)n2C. The van der Waals surface area contributed by atoms with E-state index in [2.05, 4.69) is 9.88 Å². The maximum Gasteiger partial charge on any atom is 0.179 e. The van der Waals surface area contributed by atoms with Gasteiger partial charge >= 0.3 is 0 Å². The number of aryl methyl sites for hydroxylation is 1. The van der Waals surface area contributed by atoms with Gasteiger partial charge in [-0.05, 0) is 25.1 Å². The van der Waals surface area contributed by atoms with Crippen LogP contribution in [0, 0.1) is 6.92 Å². The van der Waals surface area contributed by atoms with Crippen LogP contribution in [-0.2, 0) is 7.05 Å². The number of nitrogens with zero attached hydrogens (tertiary/aromatic N) is 1. The molecule has 1 aromatic heterocycles. The van der Waals surface area contributed by atoms with E-state index >= 15 is 0 Å². The second-order valence-corrected chi connectivity index (χ2v) is 5.36. The fourth-order valence-corrected chi connectivity index (χ4v) is 2.42. The zero-order valence-electron chi connectivity index (χ0n) is 12.8. The number of ketones is 1. The molecule has 1 heterocycles. The molecular formula is C16H22N2O2. The molecule has 2 rings (SSSR count). The molecule has 0 aliphatic carbocycles. The maximum absolute atomic E-state index is 12.5. The number of ether oxygens (including phenoxy) is 1. The van der Waals surface area contributed by atoms with Crippen LogP contribution >= 0.6 is 0 Å². The molecule has 0 saturated carbocycles. The Labute approximate surface area is 119 Å². The summed E-state index contributed by atoms with van der Waals surface area (Å²) in [4.78, 5) is 12.5. The summed E-state index contributed by atoms with van der Waals surface area (Å²) in [5.74, 6) is 0.893. The lowest BCUT2D eigenvalue weighted by atomic mass is 10.1. The van der Waals surface area contributed by atoms with E-state index in [1.54, 1.807) is 7.11 Å². The van der Waals surface area contributed by atoms with Crippen molar-refractivity contribution in [2.75, 3.05) is 13.7 Å². The Kier molecular flexibility index (Phi) is 4.14. The molecule has 20 heavy (non-hydrogen) atoms. The standard InChI is InChI=1S/C16H22N2O2/c1-10(2)17-9-15(19)16-11(3)18(4)14-7-6-12(20-5)8-13(14)16/h6-8,10,17H,9H2,1-5H3. The fraction of sp³-hybridized carbons (Fsp3) is 0.438. The number of fused-ring (bicyclic) bond motifs is 1. The predicted molar refractivity (Wildman–Crippen MR) is 81.7 cm³/mol. The van der Waals surface area contributed by atoms with Gasteiger partial charge in [-0.1, -0.05) is 13.8 Å². The van der Waals surface area contributed by atoms with Crippen molar-refractivity contribution in [1.29, 1.82) is 0 Å². The Hall–Kier alpha value is -1.81. The van der Waals surface area contributed by atoms with Crippen LogP contribution in [0.25, 0.3) is 10.9 Å². The number of hydrogen-bond donors (Lipinski definition) is 1. The summed E-state index contributed by atoms with van der Waals surface area (Å²) in [6.07, 6.45) is 0. The molecule has 4 nitrogen and oxygen atoms in total. The molecule has 0 aliphatic rings. The van der Waals surface area contributed by atoms with E-state index in [1.807, 2.05) is 46.0 Å². The molecule has 0 amide bonds. The van der Waals surface area contributed by atoms with Crippen molar-refractivity contribution in [2.45, 2.75) is 26.8 Å². The molecule has 1 aromatic carbocycles. The molecule has 0 bridgehead atoms. The first-order chi connectivity index (χ1) is 9.45. The van der Waals surface area contributed by atoms with Crippen molar-refractivity contribution < 1.29 is 9.53 Å². The van der Waals surface area contributed by atoms with Gasteiger partial charge < -0.3 is 14.6 Å². The summed E-state index contributed by atoms with van der Waals surface area (Å²) in [7, 11) is 3.62. The zero-order valence-corrected chi connectivity index (χ0v) is 12.8. The Morgan fingerprint density at radius 3 is 2.70 bits per heavy atom. The Bertz CT molecular complexity index is 641. The Balaban J connectivity index is 2.50. The first-order valence-corrected chi connectivity index (χ1v) is 6.85. The molecule has 0 aliphatic heterocycles. The second kappa shape index (κ2) is 5.67. The van der Waals surface area contributed by atoms with Crippen LogP contribution in [0.1, 0.15) is 29.9 Å². The summed E-state index contributed by atoms with van der Waals surface area (Å²) in [6, 6.07) is 6.14. The minimum Gasteiger partial charge on any atom is -0.497 e. The van der Waals surface area contributed by atoms with E-state index in [4.69, 9.17) is 4.74 Å². The highest BCUT2D eigenvalue weighted by molar-refractivity contribution is 6.10. The monoisotopic (exact) mass is 274 g/mol. The average molecular weight is 274 g/mol. The largest absolute Gasteiger partial charge is 0.497 e. The third kappa shape index (κ3) is 2.56. The van der Waals surface area contributed by atoms with Crippen LogP contribution in [-0.4, -0.2) is 30.0 Å². The number of carbonyl (C=O) groups excluding carboxylic acids is 1. The van der Waals surface area contributed by atoms with E-state index in [-0.39, 0.29) is 5.78 Å². The minimum atomic E-state index is 0.120. The van der Waals surface area contributed by atoms with E-state index in [0.29, 0.717) is 12.6 Å². The first kappa shape index (κ1) is 14.6. The summed E-state index contributed by atoms with van der Waals surface area (Å²) >= 11 is 0.